The van der Waals surface area contributed by atoms with Crippen molar-refractivity contribution in [3.8, 4) is 0 Å². The van der Waals surface area contributed by atoms with Gasteiger partial charge in [-0.05, 0) is 20.0 Å². The van der Waals surface area contributed by atoms with E-state index in [1.165, 1.54) is 9.88 Å². The monoisotopic (exact) mass is 244 g/mol. The first-order valence-corrected chi connectivity index (χ1v) is 6.94. The van der Waals surface area contributed by atoms with Crippen LogP contribution in [0.3, 0.4) is 0 Å². The number of aryl methyl sites for hydroxylation is 1. The molecule has 0 saturated heterocycles. The SMILES string of the molecule is CCN(CC)CCc1nc(C)c(CS)s1. The lowest BCUT2D eigenvalue weighted by molar-refractivity contribution is 0.308. The van der Waals surface area contributed by atoms with Gasteiger partial charge >= 0.3 is 0 Å². The Morgan fingerprint density at radius 1 is 1.33 bits per heavy atom. The van der Waals surface area contributed by atoms with Gasteiger partial charge in [-0.1, -0.05) is 13.8 Å². The summed E-state index contributed by atoms with van der Waals surface area (Å²) in [5.41, 5.74) is 1.16. The molecule has 1 aromatic heterocycles. The molecule has 0 saturated carbocycles. The maximum absolute atomic E-state index is 4.56. The van der Waals surface area contributed by atoms with Crippen molar-refractivity contribution in [2.75, 3.05) is 19.6 Å². The van der Waals surface area contributed by atoms with Crippen LogP contribution < -0.4 is 0 Å². The zero-order valence-electron chi connectivity index (χ0n) is 9.79. The maximum atomic E-state index is 4.56. The van der Waals surface area contributed by atoms with Crippen molar-refractivity contribution in [1.29, 1.82) is 0 Å². The van der Waals surface area contributed by atoms with Gasteiger partial charge in [0.05, 0.1) is 10.7 Å². The van der Waals surface area contributed by atoms with Crippen molar-refractivity contribution < 1.29 is 0 Å². The van der Waals surface area contributed by atoms with Crippen LogP contribution in [0, 0.1) is 6.92 Å². The summed E-state index contributed by atoms with van der Waals surface area (Å²) in [4.78, 5) is 8.31. The van der Waals surface area contributed by atoms with E-state index in [2.05, 4.69) is 43.3 Å². The second-order valence-corrected chi connectivity index (χ2v) is 5.04. The van der Waals surface area contributed by atoms with E-state index >= 15 is 0 Å². The molecule has 0 aliphatic carbocycles. The van der Waals surface area contributed by atoms with Gasteiger partial charge in [0.2, 0.25) is 0 Å². The molecule has 1 heterocycles. The summed E-state index contributed by atoms with van der Waals surface area (Å²) < 4.78 is 0. The van der Waals surface area contributed by atoms with Gasteiger partial charge in [-0.3, -0.25) is 0 Å². The molecule has 86 valence electrons. The lowest BCUT2D eigenvalue weighted by atomic mass is 10.4. The van der Waals surface area contributed by atoms with Crippen LogP contribution in [0.15, 0.2) is 0 Å². The average molecular weight is 244 g/mol. The second-order valence-electron chi connectivity index (χ2n) is 3.55. The Morgan fingerprint density at radius 3 is 2.47 bits per heavy atom. The zero-order chi connectivity index (χ0) is 11.3. The molecular formula is C11H20N2S2. The first-order valence-electron chi connectivity index (χ1n) is 5.49. The highest BCUT2D eigenvalue weighted by molar-refractivity contribution is 7.79. The molecule has 2 nitrogen and oxygen atoms in total. The largest absolute Gasteiger partial charge is 0.303 e. The number of thiol groups is 1. The van der Waals surface area contributed by atoms with Crippen molar-refractivity contribution in [1.82, 2.24) is 9.88 Å². The lowest BCUT2D eigenvalue weighted by Crippen LogP contribution is -2.25. The second kappa shape index (κ2) is 6.51. The van der Waals surface area contributed by atoms with Crippen molar-refractivity contribution in [3.05, 3.63) is 15.6 Å². The van der Waals surface area contributed by atoms with E-state index in [0.29, 0.717) is 0 Å². The van der Waals surface area contributed by atoms with Crippen LogP contribution in [-0.2, 0) is 12.2 Å². The third kappa shape index (κ3) is 3.78. The number of rotatable bonds is 6. The summed E-state index contributed by atoms with van der Waals surface area (Å²) in [6.07, 6.45) is 1.07. The summed E-state index contributed by atoms with van der Waals surface area (Å²) in [5, 5.41) is 1.25. The lowest BCUT2D eigenvalue weighted by Gasteiger charge is -2.16. The molecule has 0 spiro atoms. The van der Waals surface area contributed by atoms with Gasteiger partial charge in [-0.2, -0.15) is 12.6 Å². The van der Waals surface area contributed by atoms with Gasteiger partial charge < -0.3 is 4.90 Å². The molecule has 0 amide bonds. The first-order chi connectivity index (χ1) is 7.21. The molecule has 4 heteroatoms. The van der Waals surface area contributed by atoms with Crippen molar-refractivity contribution in [2.45, 2.75) is 32.9 Å². The molecule has 0 aliphatic rings. The van der Waals surface area contributed by atoms with E-state index in [0.717, 1.165) is 37.5 Å². The minimum absolute atomic E-state index is 0.814. The molecule has 1 rings (SSSR count). The van der Waals surface area contributed by atoms with Gasteiger partial charge in [0.15, 0.2) is 0 Å². The number of likely N-dealkylation sites (N-methyl/N-ethyl adjacent to an activating group) is 1. The molecule has 0 fully saturated rings. The fourth-order valence-corrected chi connectivity index (χ4v) is 2.88. The van der Waals surface area contributed by atoms with Gasteiger partial charge in [0, 0.05) is 23.6 Å². The number of nitrogens with zero attached hydrogens (tertiary/aromatic N) is 2. The van der Waals surface area contributed by atoms with Crippen molar-refractivity contribution in [2.24, 2.45) is 0 Å². The minimum atomic E-state index is 0.814. The number of hydrogen-bond acceptors (Lipinski definition) is 4. The summed E-state index contributed by atoms with van der Waals surface area (Å²) in [6, 6.07) is 0. The molecule has 0 bridgehead atoms. The van der Waals surface area contributed by atoms with Crippen LogP contribution in [0.1, 0.15) is 29.4 Å². The Morgan fingerprint density at radius 2 is 2.00 bits per heavy atom. The molecule has 0 aliphatic heterocycles. The van der Waals surface area contributed by atoms with Gasteiger partial charge in [0.25, 0.3) is 0 Å². The molecule has 0 atom stereocenters. The predicted molar refractivity (Wildman–Crippen MR) is 71.0 cm³/mol. The summed E-state index contributed by atoms with van der Waals surface area (Å²) in [5.74, 6) is 0.814. The maximum Gasteiger partial charge on any atom is 0.0944 e. The molecule has 15 heavy (non-hydrogen) atoms. The standard InChI is InChI=1S/C11H20N2S2/c1-4-13(5-2)7-6-11-12-9(3)10(8-14)15-11/h14H,4-8H2,1-3H3. The van der Waals surface area contributed by atoms with Crippen LogP contribution in [-0.4, -0.2) is 29.5 Å². The van der Waals surface area contributed by atoms with Gasteiger partial charge in [0.1, 0.15) is 0 Å². The molecule has 0 aromatic carbocycles. The Bertz CT molecular complexity index is 293. The van der Waals surface area contributed by atoms with E-state index in [1.54, 1.807) is 0 Å². The number of aromatic nitrogens is 1. The van der Waals surface area contributed by atoms with Crippen LogP contribution in [0.25, 0.3) is 0 Å². The van der Waals surface area contributed by atoms with Crippen LogP contribution in [0.4, 0.5) is 0 Å². The predicted octanol–water partition coefficient (Wildman–Crippen LogP) is 2.77. The van der Waals surface area contributed by atoms with Gasteiger partial charge in [-0.15, -0.1) is 11.3 Å². The highest BCUT2D eigenvalue weighted by Crippen LogP contribution is 2.20. The summed E-state index contributed by atoms with van der Waals surface area (Å²) >= 11 is 6.11. The zero-order valence-corrected chi connectivity index (χ0v) is 11.5. The van der Waals surface area contributed by atoms with E-state index in [1.807, 2.05) is 11.3 Å². The quantitative estimate of drug-likeness (QED) is 0.775. The van der Waals surface area contributed by atoms with E-state index < -0.39 is 0 Å². The molecular weight excluding hydrogens is 224 g/mol. The Kier molecular flexibility index (Phi) is 5.64. The minimum Gasteiger partial charge on any atom is -0.303 e. The molecule has 0 N–H and O–H groups in total. The van der Waals surface area contributed by atoms with Crippen molar-refractivity contribution in [3.63, 3.8) is 0 Å². The first kappa shape index (κ1) is 13.0. The molecule has 1 aromatic rings. The highest BCUT2D eigenvalue weighted by atomic mass is 32.1. The van der Waals surface area contributed by atoms with Crippen molar-refractivity contribution >= 4 is 24.0 Å². The fourth-order valence-electron chi connectivity index (χ4n) is 1.54. The Balaban J connectivity index is 2.50. The Hall–Kier alpha value is -0.0600. The van der Waals surface area contributed by atoms with E-state index in [4.69, 9.17) is 0 Å². The third-order valence-electron chi connectivity index (χ3n) is 2.62. The average Bonchev–Trinajstić information content (AvgIpc) is 2.60. The normalized spacial score (nSPS) is 11.3. The smallest absolute Gasteiger partial charge is 0.0944 e. The van der Waals surface area contributed by atoms with E-state index in [-0.39, 0.29) is 0 Å². The van der Waals surface area contributed by atoms with Gasteiger partial charge in [-0.25, -0.2) is 4.98 Å². The van der Waals surface area contributed by atoms with Crippen LogP contribution >= 0.6 is 24.0 Å². The third-order valence-corrected chi connectivity index (χ3v) is 4.36. The summed E-state index contributed by atoms with van der Waals surface area (Å²) in [6.45, 7) is 9.85. The van der Waals surface area contributed by atoms with Crippen LogP contribution in [0.5, 0.6) is 0 Å². The highest BCUT2D eigenvalue weighted by Gasteiger charge is 2.07. The number of hydrogen-bond donors (Lipinski definition) is 1. The fraction of sp³-hybridized carbons (Fsp3) is 0.727. The summed E-state index contributed by atoms with van der Waals surface area (Å²) in [7, 11) is 0. The number of thiazole rings is 1. The molecule has 0 radical (unpaired) electrons. The molecule has 0 unspecified atom stereocenters. The van der Waals surface area contributed by atoms with Crippen LogP contribution in [0.2, 0.25) is 0 Å². The Labute approximate surface area is 102 Å². The topological polar surface area (TPSA) is 16.1 Å². The van der Waals surface area contributed by atoms with E-state index in [9.17, 15) is 0 Å².